The summed E-state index contributed by atoms with van der Waals surface area (Å²) in [7, 11) is 3.57. The van der Waals surface area contributed by atoms with Crippen molar-refractivity contribution in [3.8, 4) is 11.8 Å². The van der Waals surface area contributed by atoms with Crippen LogP contribution in [-0.2, 0) is 9.47 Å². The van der Waals surface area contributed by atoms with E-state index in [2.05, 4.69) is 25.7 Å². The third-order valence-corrected chi connectivity index (χ3v) is 9.46. The van der Waals surface area contributed by atoms with Gasteiger partial charge in [-0.15, -0.1) is 0 Å². The van der Waals surface area contributed by atoms with Crippen LogP contribution in [0.15, 0.2) is 0 Å². The van der Waals surface area contributed by atoms with Gasteiger partial charge in [-0.25, -0.2) is 0 Å². The van der Waals surface area contributed by atoms with E-state index in [4.69, 9.17) is 9.47 Å². The fourth-order valence-corrected chi connectivity index (χ4v) is 7.97. The van der Waals surface area contributed by atoms with Crippen molar-refractivity contribution in [2.45, 2.75) is 83.3 Å². The Labute approximate surface area is 165 Å². The molecule has 0 aromatic heterocycles. The lowest BCUT2D eigenvalue weighted by molar-refractivity contribution is -0.146. The van der Waals surface area contributed by atoms with Crippen molar-refractivity contribution in [3.63, 3.8) is 0 Å². The van der Waals surface area contributed by atoms with Crippen molar-refractivity contribution in [2.75, 3.05) is 20.8 Å². The first kappa shape index (κ1) is 19.7. The van der Waals surface area contributed by atoms with Crippen LogP contribution in [-0.4, -0.2) is 37.6 Å². The minimum atomic E-state index is -0.798. The summed E-state index contributed by atoms with van der Waals surface area (Å²) < 4.78 is 11.0. The van der Waals surface area contributed by atoms with Crippen molar-refractivity contribution in [3.05, 3.63) is 0 Å². The van der Waals surface area contributed by atoms with Gasteiger partial charge in [0.15, 0.2) is 0 Å². The van der Waals surface area contributed by atoms with E-state index in [1.807, 2.05) is 7.11 Å². The quantitative estimate of drug-likeness (QED) is 0.727. The summed E-state index contributed by atoms with van der Waals surface area (Å²) in [6.45, 7) is 5.46. The van der Waals surface area contributed by atoms with E-state index in [1.54, 1.807) is 7.11 Å². The highest BCUT2D eigenvalue weighted by atomic mass is 16.5. The summed E-state index contributed by atoms with van der Waals surface area (Å²) in [6, 6.07) is 0. The molecule has 0 heterocycles. The lowest BCUT2D eigenvalue weighted by atomic mass is 9.44. The average Bonchev–Trinajstić information content (AvgIpc) is 2.99. The number of rotatable bonds is 2. The Morgan fingerprint density at radius 1 is 0.926 bits per heavy atom. The molecule has 4 fully saturated rings. The molecular formula is C24H38O3. The molecule has 3 nitrogen and oxygen atoms in total. The van der Waals surface area contributed by atoms with Crippen molar-refractivity contribution < 1.29 is 14.6 Å². The fraction of sp³-hybridized carbons (Fsp3) is 0.917. The number of fused-ring (bicyclic) bond motifs is 5. The molecule has 4 aliphatic rings. The first-order valence-corrected chi connectivity index (χ1v) is 11.1. The van der Waals surface area contributed by atoms with Crippen LogP contribution in [0.1, 0.15) is 71.6 Å². The molecule has 0 aromatic rings. The standard InChI is InChI=1S/C24H38O3/c1-22-13-14-24(25,11-5-15-26-3)16-17(22)6-7-18-19-8-9-21(27-4)23(19,2)12-10-20(18)22/h17-21,25H,6-10,12-16H2,1-4H3/t17-,18-,19-,20-,21-,22-,23-,24+/m0/s1. The number of hydrogen-bond donors (Lipinski definition) is 1. The monoisotopic (exact) mass is 374 g/mol. The van der Waals surface area contributed by atoms with Gasteiger partial charge in [-0.05, 0) is 92.3 Å². The molecular weight excluding hydrogens is 336 g/mol. The van der Waals surface area contributed by atoms with Gasteiger partial charge < -0.3 is 14.6 Å². The maximum absolute atomic E-state index is 11.1. The summed E-state index contributed by atoms with van der Waals surface area (Å²) in [4.78, 5) is 0. The van der Waals surface area contributed by atoms with Gasteiger partial charge in [0.25, 0.3) is 0 Å². The molecule has 4 aliphatic carbocycles. The second kappa shape index (κ2) is 7.05. The number of hydrogen-bond acceptors (Lipinski definition) is 3. The van der Waals surface area contributed by atoms with Crippen molar-refractivity contribution >= 4 is 0 Å². The van der Waals surface area contributed by atoms with E-state index in [0.29, 0.717) is 29.5 Å². The Morgan fingerprint density at radius 2 is 1.70 bits per heavy atom. The van der Waals surface area contributed by atoms with Crippen molar-refractivity contribution in [1.29, 1.82) is 0 Å². The molecule has 0 bridgehead atoms. The third-order valence-electron chi connectivity index (χ3n) is 9.46. The van der Waals surface area contributed by atoms with Crippen LogP contribution in [0.2, 0.25) is 0 Å². The Morgan fingerprint density at radius 3 is 2.44 bits per heavy atom. The Hall–Kier alpha value is -0.560. The Bertz CT molecular complexity index is 621. The maximum Gasteiger partial charge on any atom is 0.125 e. The van der Waals surface area contributed by atoms with E-state index in [-0.39, 0.29) is 0 Å². The van der Waals surface area contributed by atoms with Crippen LogP contribution >= 0.6 is 0 Å². The summed E-state index contributed by atoms with van der Waals surface area (Å²) in [5, 5.41) is 11.1. The summed E-state index contributed by atoms with van der Waals surface area (Å²) in [5.41, 5.74) is -0.0298. The van der Waals surface area contributed by atoms with Gasteiger partial charge in [0.1, 0.15) is 12.2 Å². The zero-order valence-corrected chi connectivity index (χ0v) is 17.7. The smallest absolute Gasteiger partial charge is 0.125 e. The van der Waals surface area contributed by atoms with Crippen molar-refractivity contribution in [1.82, 2.24) is 0 Å². The first-order valence-electron chi connectivity index (χ1n) is 11.1. The Balaban J connectivity index is 1.53. The molecule has 152 valence electrons. The van der Waals surface area contributed by atoms with Gasteiger partial charge in [-0.2, -0.15) is 0 Å². The molecule has 4 rings (SSSR count). The van der Waals surface area contributed by atoms with Crippen LogP contribution in [0.3, 0.4) is 0 Å². The molecule has 0 unspecified atom stereocenters. The molecule has 0 radical (unpaired) electrons. The highest BCUT2D eigenvalue weighted by Gasteiger charge is 2.61. The average molecular weight is 375 g/mol. The number of methoxy groups -OCH3 is 2. The molecule has 0 aromatic carbocycles. The molecule has 0 spiro atoms. The SMILES string of the molecule is COCC#C[C@@]1(O)CC[C@@]2(C)[C@@H](CC[C@@H]3[C@@H]2CC[C@]2(C)[C@@H](OC)CC[C@@H]32)C1. The molecule has 0 aliphatic heterocycles. The molecule has 4 saturated carbocycles. The maximum atomic E-state index is 11.1. The van der Waals surface area contributed by atoms with E-state index in [9.17, 15) is 5.11 Å². The van der Waals surface area contributed by atoms with Crippen LogP contribution in [0, 0.1) is 46.3 Å². The number of aliphatic hydroxyl groups is 1. The summed E-state index contributed by atoms with van der Waals surface area (Å²) in [5.74, 6) is 9.28. The van der Waals surface area contributed by atoms with E-state index in [0.717, 1.165) is 37.0 Å². The molecule has 0 saturated heterocycles. The van der Waals surface area contributed by atoms with Gasteiger partial charge >= 0.3 is 0 Å². The molecule has 0 amide bonds. The summed E-state index contributed by atoms with van der Waals surface area (Å²) >= 11 is 0. The zero-order valence-electron chi connectivity index (χ0n) is 17.7. The minimum absolute atomic E-state index is 0.380. The third kappa shape index (κ3) is 3.07. The van der Waals surface area contributed by atoms with E-state index < -0.39 is 5.60 Å². The van der Waals surface area contributed by atoms with Gasteiger partial charge in [-0.3, -0.25) is 0 Å². The van der Waals surface area contributed by atoms with Crippen LogP contribution in [0.5, 0.6) is 0 Å². The predicted molar refractivity (Wildman–Crippen MR) is 107 cm³/mol. The van der Waals surface area contributed by atoms with Crippen molar-refractivity contribution in [2.24, 2.45) is 34.5 Å². The summed E-state index contributed by atoms with van der Waals surface area (Å²) in [6.07, 6.45) is 11.1. The van der Waals surface area contributed by atoms with Gasteiger partial charge in [0, 0.05) is 14.2 Å². The van der Waals surface area contributed by atoms with E-state index in [1.165, 1.54) is 38.5 Å². The zero-order chi connectivity index (χ0) is 19.3. The highest BCUT2D eigenvalue weighted by Crippen LogP contribution is 2.67. The molecule has 1 N–H and O–H groups in total. The van der Waals surface area contributed by atoms with E-state index >= 15 is 0 Å². The highest BCUT2D eigenvalue weighted by molar-refractivity contribution is 5.19. The van der Waals surface area contributed by atoms with Crippen LogP contribution in [0.4, 0.5) is 0 Å². The second-order valence-electron chi connectivity index (χ2n) is 10.5. The lowest BCUT2D eigenvalue weighted by Gasteiger charge is -2.61. The topological polar surface area (TPSA) is 38.7 Å². The van der Waals surface area contributed by atoms with Gasteiger partial charge in [0.2, 0.25) is 0 Å². The van der Waals surface area contributed by atoms with Crippen LogP contribution < -0.4 is 0 Å². The molecule has 27 heavy (non-hydrogen) atoms. The largest absolute Gasteiger partial charge is 0.381 e. The minimum Gasteiger partial charge on any atom is -0.381 e. The second-order valence-corrected chi connectivity index (χ2v) is 10.5. The normalized spacial score (nSPS) is 51.5. The predicted octanol–water partition coefficient (Wildman–Crippen LogP) is 4.43. The Kier molecular flexibility index (Phi) is 5.15. The molecule has 8 atom stereocenters. The molecule has 3 heteroatoms. The fourth-order valence-electron chi connectivity index (χ4n) is 7.97. The number of ether oxygens (including phenoxy) is 2. The lowest BCUT2D eigenvalue weighted by Crippen LogP contribution is -2.56. The first-order chi connectivity index (χ1) is 12.9. The van der Waals surface area contributed by atoms with Crippen LogP contribution in [0.25, 0.3) is 0 Å². The van der Waals surface area contributed by atoms with Gasteiger partial charge in [0.05, 0.1) is 6.10 Å². The van der Waals surface area contributed by atoms with Gasteiger partial charge in [-0.1, -0.05) is 25.7 Å².